The maximum atomic E-state index is 13.8. The lowest BCUT2D eigenvalue weighted by molar-refractivity contribution is -0.117. The van der Waals surface area contributed by atoms with E-state index in [1.54, 1.807) is 24.4 Å². The van der Waals surface area contributed by atoms with Gasteiger partial charge in [0.1, 0.15) is 17.3 Å². The van der Waals surface area contributed by atoms with E-state index in [-0.39, 0.29) is 18.1 Å². The van der Waals surface area contributed by atoms with Crippen LogP contribution in [0.4, 0.5) is 15.9 Å². The van der Waals surface area contributed by atoms with Crippen molar-refractivity contribution in [2.24, 2.45) is 0 Å². The number of nitrogens with one attached hydrogen (secondary N) is 1. The van der Waals surface area contributed by atoms with Crippen LogP contribution in [0.2, 0.25) is 0 Å². The number of nitrogens with zero attached hydrogens (tertiary/aromatic N) is 5. The van der Waals surface area contributed by atoms with Crippen LogP contribution in [0.1, 0.15) is 17.7 Å². The molecular weight excluding hydrogens is 407 g/mol. The van der Waals surface area contributed by atoms with Crippen molar-refractivity contribution in [3.8, 4) is 11.5 Å². The molecule has 1 amide bonds. The summed E-state index contributed by atoms with van der Waals surface area (Å²) < 4.78 is 13.8. The lowest BCUT2D eigenvalue weighted by Crippen LogP contribution is -2.49. The lowest BCUT2D eigenvalue weighted by Gasteiger charge is -2.36. The summed E-state index contributed by atoms with van der Waals surface area (Å²) in [5.41, 5.74) is 3.37. The first-order valence-electron chi connectivity index (χ1n) is 11.0. The number of aromatic nitrogens is 3. The molecule has 2 aliphatic rings. The summed E-state index contributed by atoms with van der Waals surface area (Å²) in [6, 6.07) is 12.0. The second-order valence-electron chi connectivity index (χ2n) is 8.16. The van der Waals surface area contributed by atoms with Crippen LogP contribution in [-0.2, 0) is 17.6 Å². The molecular formula is C24H25FN6O. The minimum absolute atomic E-state index is 0.205. The van der Waals surface area contributed by atoms with Crippen LogP contribution in [0.5, 0.6) is 0 Å². The minimum Gasteiger partial charge on any atom is -0.354 e. The molecule has 164 valence electrons. The number of halogens is 1. The number of anilines is 2. The number of pyridine rings is 1. The lowest BCUT2D eigenvalue weighted by atomic mass is 10.2. The minimum atomic E-state index is -0.424. The largest absolute Gasteiger partial charge is 0.354 e. The molecule has 3 heterocycles. The van der Waals surface area contributed by atoms with Crippen LogP contribution in [0.3, 0.4) is 0 Å². The van der Waals surface area contributed by atoms with E-state index in [1.165, 1.54) is 11.6 Å². The van der Waals surface area contributed by atoms with Crippen LogP contribution in [0.15, 0.2) is 48.7 Å². The van der Waals surface area contributed by atoms with Gasteiger partial charge in [-0.1, -0.05) is 18.2 Å². The fraction of sp³-hybridized carbons (Fsp3) is 0.333. The van der Waals surface area contributed by atoms with Gasteiger partial charge in [-0.05, 0) is 43.5 Å². The molecule has 0 radical (unpaired) electrons. The van der Waals surface area contributed by atoms with Crippen molar-refractivity contribution >= 4 is 17.4 Å². The predicted molar refractivity (Wildman–Crippen MR) is 121 cm³/mol. The number of para-hydroxylation sites is 1. The van der Waals surface area contributed by atoms with Gasteiger partial charge in [-0.2, -0.15) is 0 Å². The molecule has 0 unspecified atom stereocenters. The number of aryl methyl sites for hydroxylation is 1. The predicted octanol–water partition coefficient (Wildman–Crippen LogP) is 2.93. The molecule has 1 aliphatic heterocycles. The molecule has 1 aliphatic carbocycles. The summed E-state index contributed by atoms with van der Waals surface area (Å²) >= 11 is 0. The average molecular weight is 433 g/mol. The molecule has 8 heteroatoms. The van der Waals surface area contributed by atoms with E-state index in [9.17, 15) is 9.18 Å². The molecule has 0 bridgehead atoms. The van der Waals surface area contributed by atoms with Gasteiger partial charge in [-0.15, -0.1) is 0 Å². The number of rotatable bonds is 5. The Morgan fingerprint density at radius 1 is 1.00 bits per heavy atom. The van der Waals surface area contributed by atoms with E-state index >= 15 is 0 Å². The molecule has 7 nitrogen and oxygen atoms in total. The number of benzene rings is 1. The number of fused-ring (bicyclic) bond motifs is 1. The molecule has 0 atom stereocenters. The first-order chi connectivity index (χ1) is 15.7. The van der Waals surface area contributed by atoms with Gasteiger partial charge in [0.25, 0.3) is 0 Å². The summed E-state index contributed by atoms with van der Waals surface area (Å²) in [4.78, 5) is 30.9. The Morgan fingerprint density at radius 2 is 1.81 bits per heavy atom. The standard InChI is InChI=1S/C24H25FN6O/c25-18-7-1-2-8-20(18)27-22(32)16-30-12-14-31(15-13-30)24-17-6-5-10-19(17)28-23(29-24)21-9-3-4-11-26-21/h1-4,7-9,11H,5-6,10,12-16H2,(H,27,32). The normalized spacial score (nSPS) is 16.1. The molecule has 1 saturated heterocycles. The zero-order valence-corrected chi connectivity index (χ0v) is 17.8. The van der Waals surface area contributed by atoms with Gasteiger partial charge < -0.3 is 10.2 Å². The highest BCUT2D eigenvalue weighted by molar-refractivity contribution is 5.92. The van der Waals surface area contributed by atoms with E-state index in [2.05, 4.69) is 20.1 Å². The number of piperazine rings is 1. The number of carbonyl (C=O) groups excluding carboxylic acids is 1. The van der Waals surface area contributed by atoms with Crippen molar-refractivity contribution in [3.05, 3.63) is 65.7 Å². The van der Waals surface area contributed by atoms with Crippen molar-refractivity contribution in [3.63, 3.8) is 0 Å². The first-order valence-corrected chi connectivity index (χ1v) is 11.0. The Hall–Kier alpha value is -3.39. The molecule has 2 aromatic heterocycles. The number of hydrogen-bond acceptors (Lipinski definition) is 6. The van der Waals surface area contributed by atoms with E-state index in [0.717, 1.165) is 62.6 Å². The number of amides is 1. The molecule has 1 fully saturated rings. The molecule has 3 aromatic rings. The van der Waals surface area contributed by atoms with Gasteiger partial charge >= 0.3 is 0 Å². The average Bonchev–Trinajstić information content (AvgIpc) is 3.30. The van der Waals surface area contributed by atoms with Gasteiger partial charge in [0, 0.05) is 43.6 Å². The summed E-state index contributed by atoms with van der Waals surface area (Å²) in [5.74, 6) is 1.05. The Kier molecular flexibility index (Phi) is 5.77. The molecule has 1 N–H and O–H groups in total. The van der Waals surface area contributed by atoms with Crippen molar-refractivity contribution in [2.45, 2.75) is 19.3 Å². The number of hydrogen-bond donors (Lipinski definition) is 1. The zero-order chi connectivity index (χ0) is 21.9. The van der Waals surface area contributed by atoms with Gasteiger partial charge in [0.15, 0.2) is 5.82 Å². The van der Waals surface area contributed by atoms with E-state index in [1.807, 2.05) is 18.2 Å². The van der Waals surface area contributed by atoms with E-state index in [4.69, 9.17) is 9.97 Å². The maximum Gasteiger partial charge on any atom is 0.238 e. The third kappa shape index (κ3) is 4.31. The summed E-state index contributed by atoms with van der Waals surface area (Å²) in [5, 5.41) is 2.66. The van der Waals surface area contributed by atoms with Crippen LogP contribution in [-0.4, -0.2) is 58.5 Å². The monoisotopic (exact) mass is 432 g/mol. The van der Waals surface area contributed by atoms with Gasteiger partial charge in [-0.25, -0.2) is 14.4 Å². The Morgan fingerprint density at radius 3 is 2.59 bits per heavy atom. The van der Waals surface area contributed by atoms with Gasteiger partial charge in [-0.3, -0.25) is 14.7 Å². The Labute approximate surface area is 186 Å². The Balaban J connectivity index is 1.26. The highest BCUT2D eigenvalue weighted by Crippen LogP contribution is 2.31. The first kappa shape index (κ1) is 20.5. The summed E-state index contributed by atoms with van der Waals surface area (Å²) in [6.45, 7) is 3.27. The van der Waals surface area contributed by atoms with Crippen molar-refractivity contribution in [1.82, 2.24) is 19.9 Å². The molecule has 0 saturated carbocycles. The molecule has 32 heavy (non-hydrogen) atoms. The van der Waals surface area contributed by atoms with Crippen molar-refractivity contribution in [1.29, 1.82) is 0 Å². The van der Waals surface area contributed by atoms with Crippen molar-refractivity contribution in [2.75, 3.05) is 42.9 Å². The smallest absolute Gasteiger partial charge is 0.238 e. The quantitative estimate of drug-likeness (QED) is 0.668. The second kappa shape index (κ2) is 9.00. The Bertz CT molecular complexity index is 1110. The van der Waals surface area contributed by atoms with Crippen LogP contribution in [0.25, 0.3) is 11.5 Å². The number of carbonyl (C=O) groups is 1. The van der Waals surface area contributed by atoms with Crippen LogP contribution >= 0.6 is 0 Å². The zero-order valence-electron chi connectivity index (χ0n) is 17.8. The summed E-state index contributed by atoms with van der Waals surface area (Å²) in [7, 11) is 0. The van der Waals surface area contributed by atoms with Crippen LogP contribution in [0, 0.1) is 5.82 Å². The third-order valence-corrected chi connectivity index (χ3v) is 5.99. The van der Waals surface area contributed by atoms with E-state index in [0.29, 0.717) is 5.82 Å². The van der Waals surface area contributed by atoms with Gasteiger partial charge in [0.2, 0.25) is 5.91 Å². The second-order valence-corrected chi connectivity index (χ2v) is 8.16. The SMILES string of the molecule is O=C(CN1CCN(c2nc(-c3ccccn3)nc3c2CCC3)CC1)Nc1ccccc1F. The fourth-order valence-electron chi connectivity index (χ4n) is 4.36. The topological polar surface area (TPSA) is 74.2 Å². The van der Waals surface area contributed by atoms with E-state index < -0.39 is 5.82 Å². The fourth-order valence-corrected chi connectivity index (χ4v) is 4.36. The maximum absolute atomic E-state index is 13.8. The van der Waals surface area contributed by atoms with Crippen LogP contribution < -0.4 is 10.2 Å². The van der Waals surface area contributed by atoms with Gasteiger partial charge in [0.05, 0.1) is 12.2 Å². The highest BCUT2D eigenvalue weighted by atomic mass is 19.1. The molecule has 5 rings (SSSR count). The van der Waals surface area contributed by atoms with Crippen molar-refractivity contribution < 1.29 is 9.18 Å². The third-order valence-electron chi connectivity index (χ3n) is 5.99. The highest BCUT2D eigenvalue weighted by Gasteiger charge is 2.27. The summed E-state index contributed by atoms with van der Waals surface area (Å²) in [6.07, 6.45) is 4.83. The molecule has 1 aromatic carbocycles. The molecule has 0 spiro atoms.